The Balaban J connectivity index is 1.40. The highest BCUT2D eigenvalue weighted by Gasteiger charge is 2.38. The van der Waals surface area contributed by atoms with Gasteiger partial charge in [0.25, 0.3) is 0 Å². The highest BCUT2D eigenvalue weighted by molar-refractivity contribution is 7.88. The highest BCUT2D eigenvalue weighted by Crippen LogP contribution is 2.38. The number of rotatable bonds is 6. The number of hydrogen-bond donors (Lipinski definition) is 0. The molecule has 1 aromatic carbocycles. The molecule has 5 rings (SSSR count). The fourth-order valence-electron chi connectivity index (χ4n) is 4.26. The summed E-state index contributed by atoms with van der Waals surface area (Å²) in [7, 11) is 0.544. The topological polar surface area (TPSA) is 64.4 Å². The fraction of sp³-hybridized carbons (Fsp3) is 0.250. The summed E-state index contributed by atoms with van der Waals surface area (Å²) in [6.45, 7) is 0.428. The molecule has 7 heteroatoms. The van der Waals surface area contributed by atoms with Crippen molar-refractivity contribution in [3.8, 4) is 11.6 Å². The standard InChI is InChI=1S/C24H23N3O3S/c1-30-23-12-17(6-8-25-23)15-27(20-7-11-31(29)16-20)24(28)22-14-18-13-19(4-5-21(18)22)26-9-2-3-10-26/h2-13,20,22H,14-16H2,1H3. The van der Waals surface area contributed by atoms with E-state index in [1.54, 1.807) is 18.7 Å². The summed E-state index contributed by atoms with van der Waals surface area (Å²) in [5.41, 5.74) is 4.33. The Morgan fingerprint density at radius 1 is 1.26 bits per heavy atom. The van der Waals surface area contributed by atoms with Gasteiger partial charge in [0.15, 0.2) is 0 Å². The number of hydrogen-bond acceptors (Lipinski definition) is 4. The van der Waals surface area contributed by atoms with Crippen LogP contribution in [0, 0.1) is 0 Å². The third-order valence-electron chi connectivity index (χ3n) is 5.96. The zero-order chi connectivity index (χ0) is 21.4. The van der Waals surface area contributed by atoms with E-state index < -0.39 is 10.8 Å². The summed E-state index contributed by atoms with van der Waals surface area (Å²) in [6, 6.07) is 13.8. The van der Waals surface area contributed by atoms with Gasteiger partial charge in [-0.05, 0) is 53.4 Å². The van der Waals surface area contributed by atoms with E-state index in [9.17, 15) is 9.00 Å². The first-order chi connectivity index (χ1) is 15.1. The lowest BCUT2D eigenvalue weighted by Gasteiger charge is -2.36. The number of pyridine rings is 1. The van der Waals surface area contributed by atoms with Crippen LogP contribution in [0.1, 0.15) is 22.6 Å². The average Bonchev–Trinajstić information content (AvgIpc) is 3.45. The number of carbonyl (C=O) groups is 1. The molecule has 158 valence electrons. The van der Waals surface area contributed by atoms with Crippen molar-refractivity contribution in [1.82, 2.24) is 14.5 Å². The summed E-state index contributed by atoms with van der Waals surface area (Å²) in [6.07, 6.45) is 8.32. The molecule has 3 unspecified atom stereocenters. The fourth-order valence-corrected chi connectivity index (χ4v) is 5.36. The monoisotopic (exact) mass is 433 g/mol. The Morgan fingerprint density at radius 2 is 2.10 bits per heavy atom. The van der Waals surface area contributed by atoms with Crippen molar-refractivity contribution in [3.63, 3.8) is 0 Å². The minimum Gasteiger partial charge on any atom is -0.481 e. The van der Waals surface area contributed by atoms with Gasteiger partial charge in [0.1, 0.15) is 0 Å². The van der Waals surface area contributed by atoms with Crippen molar-refractivity contribution < 1.29 is 13.7 Å². The smallest absolute Gasteiger partial charge is 0.231 e. The maximum Gasteiger partial charge on any atom is 0.231 e. The molecule has 3 aromatic rings. The SMILES string of the molecule is COc1cc(CN(C(=O)C2Cc3cc(-n4cccc4)ccc32)C2C=CS(=O)C2)ccn1. The van der Waals surface area contributed by atoms with Crippen molar-refractivity contribution in [2.75, 3.05) is 12.9 Å². The predicted molar refractivity (Wildman–Crippen MR) is 119 cm³/mol. The molecule has 0 spiro atoms. The van der Waals surface area contributed by atoms with Crippen LogP contribution < -0.4 is 4.74 Å². The van der Waals surface area contributed by atoms with Gasteiger partial charge in [-0.2, -0.15) is 0 Å². The number of benzene rings is 1. The van der Waals surface area contributed by atoms with Gasteiger partial charge in [0.2, 0.25) is 11.8 Å². The van der Waals surface area contributed by atoms with Gasteiger partial charge in [-0.15, -0.1) is 0 Å². The van der Waals surface area contributed by atoms with Crippen LogP contribution >= 0.6 is 0 Å². The van der Waals surface area contributed by atoms with Crippen LogP contribution in [-0.2, 0) is 28.6 Å². The van der Waals surface area contributed by atoms with E-state index in [1.807, 2.05) is 47.6 Å². The van der Waals surface area contributed by atoms with Crippen molar-refractivity contribution in [2.24, 2.45) is 0 Å². The average molecular weight is 434 g/mol. The van der Waals surface area contributed by atoms with E-state index in [-0.39, 0.29) is 17.9 Å². The number of methoxy groups -OCH3 is 1. The molecule has 3 heterocycles. The molecule has 2 aliphatic rings. The second-order valence-corrected chi connectivity index (χ2v) is 9.21. The second-order valence-electron chi connectivity index (χ2n) is 7.85. The molecule has 31 heavy (non-hydrogen) atoms. The molecular weight excluding hydrogens is 410 g/mol. The van der Waals surface area contributed by atoms with Crippen molar-refractivity contribution in [1.29, 1.82) is 0 Å². The third kappa shape index (κ3) is 3.81. The van der Waals surface area contributed by atoms with Gasteiger partial charge in [0.05, 0.1) is 24.8 Å². The zero-order valence-electron chi connectivity index (χ0n) is 17.2. The molecule has 1 aliphatic carbocycles. The van der Waals surface area contributed by atoms with Crippen LogP contribution in [-0.4, -0.2) is 43.5 Å². The third-order valence-corrected chi connectivity index (χ3v) is 7.09. The van der Waals surface area contributed by atoms with E-state index in [4.69, 9.17) is 4.74 Å². The van der Waals surface area contributed by atoms with Crippen molar-refractivity contribution in [2.45, 2.75) is 24.9 Å². The zero-order valence-corrected chi connectivity index (χ0v) is 18.0. The minimum absolute atomic E-state index is 0.0746. The molecule has 0 saturated carbocycles. The van der Waals surface area contributed by atoms with Crippen molar-refractivity contribution >= 4 is 16.7 Å². The largest absolute Gasteiger partial charge is 0.481 e. The Kier molecular flexibility index (Phi) is 5.19. The van der Waals surface area contributed by atoms with Gasteiger partial charge < -0.3 is 14.2 Å². The van der Waals surface area contributed by atoms with E-state index in [2.05, 4.69) is 27.8 Å². The Morgan fingerprint density at radius 3 is 2.81 bits per heavy atom. The summed E-state index contributed by atoms with van der Waals surface area (Å²) in [4.78, 5) is 19.6. The van der Waals surface area contributed by atoms with Crippen LogP contribution in [0.15, 0.2) is 72.5 Å². The van der Waals surface area contributed by atoms with Crippen LogP contribution in [0.2, 0.25) is 0 Å². The minimum atomic E-state index is -1.03. The molecule has 0 radical (unpaired) electrons. The summed E-state index contributed by atoms with van der Waals surface area (Å²) < 4.78 is 19.3. The molecule has 2 aromatic heterocycles. The molecule has 0 saturated heterocycles. The Hall–Kier alpha value is -3.19. The molecular formula is C24H23N3O3S. The van der Waals surface area contributed by atoms with Gasteiger partial charge in [-0.25, -0.2) is 4.98 Å². The molecule has 0 bridgehead atoms. The first kappa shape index (κ1) is 19.8. The van der Waals surface area contributed by atoms with Crippen molar-refractivity contribution in [3.05, 3.63) is 89.2 Å². The lowest BCUT2D eigenvalue weighted by atomic mass is 9.76. The molecule has 3 atom stereocenters. The number of nitrogens with zero attached hydrogens (tertiary/aromatic N) is 3. The van der Waals surface area contributed by atoms with Gasteiger partial charge in [-0.3, -0.25) is 9.00 Å². The van der Waals surface area contributed by atoms with Gasteiger partial charge >= 0.3 is 0 Å². The number of ether oxygens (including phenoxy) is 1. The lowest BCUT2D eigenvalue weighted by molar-refractivity contribution is -0.135. The quantitative estimate of drug-likeness (QED) is 0.599. The summed E-state index contributed by atoms with van der Waals surface area (Å²) in [5, 5.41) is 1.69. The molecule has 0 N–H and O–H groups in total. The van der Waals surface area contributed by atoms with Crippen LogP contribution in [0.4, 0.5) is 0 Å². The first-order valence-electron chi connectivity index (χ1n) is 10.2. The van der Waals surface area contributed by atoms with Crippen LogP contribution in [0.5, 0.6) is 5.88 Å². The molecule has 0 fully saturated rings. The van der Waals surface area contributed by atoms with E-state index in [1.165, 1.54) is 5.56 Å². The number of fused-ring (bicyclic) bond motifs is 1. The molecule has 6 nitrogen and oxygen atoms in total. The van der Waals surface area contributed by atoms with Crippen LogP contribution in [0.25, 0.3) is 5.69 Å². The predicted octanol–water partition coefficient (Wildman–Crippen LogP) is 3.19. The Labute approximate surface area is 183 Å². The number of carbonyl (C=O) groups excluding carboxylic acids is 1. The molecule has 1 aliphatic heterocycles. The Bertz CT molecular complexity index is 1170. The highest BCUT2D eigenvalue weighted by atomic mass is 32.2. The summed E-state index contributed by atoms with van der Waals surface area (Å²) >= 11 is 0. The van der Waals surface area contributed by atoms with Gasteiger partial charge in [-0.1, -0.05) is 12.1 Å². The van der Waals surface area contributed by atoms with E-state index in [0.29, 0.717) is 18.2 Å². The second kappa shape index (κ2) is 8.15. The maximum atomic E-state index is 13.6. The normalized spacial score (nSPS) is 21.4. The summed E-state index contributed by atoms with van der Waals surface area (Å²) in [5.74, 6) is 0.868. The number of amides is 1. The maximum absolute atomic E-state index is 13.6. The molecule has 1 amide bonds. The van der Waals surface area contributed by atoms with Crippen LogP contribution in [0.3, 0.4) is 0 Å². The number of aromatic nitrogens is 2. The van der Waals surface area contributed by atoms with Gasteiger partial charge in [0, 0.05) is 53.1 Å². The first-order valence-corrected chi connectivity index (χ1v) is 11.6. The van der Waals surface area contributed by atoms with E-state index in [0.717, 1.165) is 23.2 Å². The van der Waals surface area contributed by atoms with E-state index >= 15 is 0 Å². The lowest BCUT2D eigenvalue weighted by Crippen LogP contribution is -2.45.